The van der Waals surface area contributed by atoms with Crippen LogP contribution in [-0.4, -0.2) is 15.7 Å². The zero-order valence-corrected chi connectivity index (χ0v) is 9.43. The number of aliphatic hydroxyl groups excluding tert-OH is 1. The highest BCUT2D eigenvalue weighted by Crippen LogP contribution is 2.25. The van der Waals surface area contributed by atoms with Gasteiger partial charge in [-0.25, -0.2) is 0 Å². The number of allylic oxidation sites excluding steroid dienone is 8. The van der Waals surface area contributed by atoms with E-state index in [-0.39, 0.29) is 5.71 Å². The van der Waals surface area contributed by atoms with Gasteiger partial charge in [0.15, 0.2) is 0 Å². The van der Waals surface area contributed by atoms with E-state index in [1.165, 1.54) is 12.2 Å². The Hall–Kier alpha value is -1.97. The lowest BCUT2D eigenvalue weighted by atomic mass is 9.95. The lowest BCUT2D eigenvalue weighted by molar-refractivity contribution is -0.377. The summed E-state index contributed by atoms with van der Waals surface area (Å²) in [4.78, 5) is -0.416. The molecule has 0 spiro atoms. The Bertz CT molecular complexity index is 445. The fourth-order valence-electron chi connectivity index (χ4n) is 1.96. The zero-order chi connectivity index (χ0) is 12.3. The van der Waals surface area contributed by atoms with Crippen molar-refractivity contribution < 1.29 is 10.0 Å². The van der Waals surface area contributed by atoms with Gasteiger partial charge in [0.05, 0.1) is 5.76 Å². The maximum atomic E-state index is 10.5. The molecule has 17 heavy (non-hydrogen) atoms. The second-order valence-corrected chi connectivity index (χ2v) is 4.17. The van der Waals surface area contributed by atoms with Crippen molar-refractivity contribution in [2.24, 2.45) is 0 Å². The molecule has 0 unspecified atom stereocenters. The van der Waals surface area contributed by atoms with Gasteiger partial charge in [0.2, 0.25) is 5.71 Å². The Balaban J connectivity index is 2.19. The van der Waals surface area contributed by atoms with Crippen molar-refractivity contribution in [1.82, 2.24) is 0 Å². The molecule has 0 heterocycles. The van der Waals surface area contributed by atoms with Crippen LogP contribution in [0.3, 0.4) is 0 Å². The molecule has 0 aliphatic heterocycles. The van der Waals surface area contributed by atoms with Gasteiger partial charge in [0.1, 0.15) is 0 Å². The molecule has 90 valence electrons. The van der Waals surface area contributed by atoms with E-state index in [9.17, 15) is 15.5 Å². The molecular formula is C13H14NO3-. The highest BCUT2D eigenvalue weighted by molar-refractivity contribution is 6.02. The molecule has 0 saturated heterocycles. The molecule has 0 aromatic heterocycles. The predicted octanol–water partition coefficient (Wildman–Crippen LogP) is 2.87. The second kappa shape index (κ2) is 4.91. The Labute approximate surface area is 99.7 Å². The number of rotatable bonds is 1. The van der Waals surface area contributed by atoms with E-state index in [1.54, 1.807) is 12.2 Å². The van der Waals surface area contributed by atoms with Crippen molar-refractivity contribution in [3.63, 3.8) is 0 Å². The lowest BCUT2D eigenvalue weighted by Crippen LogP contribution is -2.06. The molecule has 0 radical (unpaired) electrons. The fourth-order valence-corrected chi connectivity index (χ4v) is 1.96. The van der Waals surface area contributed by atoms with E-state index >= 15 is 0 Å². The summed E-state index contributed by atoms with van der Waals surface area (Å²) in [7, 11) is 0. The third-order valence-electron chi connectivity index (χ3n) is 2.93. The van der Waals surface area contributed by atoms with Crippen LogP contribution < -0.4 is 0 Å². The smallest absolute Gasteiger partial charge is 0.222 e. The van der Waals surface area contributed by atoms with Crippen molar-refractivity contribution in [2.75, 3.05) is 0 Å². The summed E-state index contributed by atoms with van der Waals surface area (Å²) in [6.07, 6.45) is 12.0. The molecule has 2 aliphatic carbocycles. The minimum atomic E-state index is -0.416. The van der Waals surface area contributed by atoms with Crippen LogP contribution in [0.4, 0.5) is 0 Å². The average Bonchev–Trinajstić information content (AvgIpc) is 2.33. The maximum absolute atomic E-state index is 10.5. The summed E-state index contributed by atoms with van der Waals surface area (Å²) < 4.78 is 0. The van der Waals surface area contributed by atoms with Crippen LogP contribution in [0.1, 0.15) is 25.7 Å². The molecule has 0 amide bonds. The molecule has 0 aromatic carbocycles. The molecule has 2 rings (SSSR count). The van der Waals surface area contributed by atoms with Crippen LogP contribution in [0.2, 0.25) is 0 Å². The first-order valence-electron chi connectivity index (χ1n) is 5.67. The van der Waals surface area contributed by atoms with Crippen LogP contribution in [0, 0.1) is 10.4 Å². The topological polar surface area (TPSA) is 69.4 Å². The summed E-state index contributed by atoms with van der Waals surface area (Å²) in [5.41, 5.74) is 1.92. The van der Waals surface area contributed by atoms with E-state index in [4.69, 9.17) is 0 Å². The zero-order valence-electron chi connectivity index (χ0n) is 9.43. The Kier molecular flexibility index (Phi) is 3.32. The minimum Gasteiger partial charge on any atom is -0.612 e. The van der Waals surface area contributed by atoms with E-state index < -0.39 is 4.90 Å². The largest absolute Gasteiger partial charge is 0.612 e. The molecule has 0 saturated carbocycles. The third-order valence-corrected chi connectivity index (χ3v) is 2.93. The van der Waals surface area contributed by atoms with Gasteiger partial charge in [-0.15, -0.1) is 0 Å². The third kappa shape index (κ3) is 2.78. The number of hydrogen-bond donors (Lipinski definition) is 1. The van der Waals surface area contributed by atoms with Gasteiger partial charge < -0.3 is 15.5 Å². The summed E-state index contributed by atoms with van der Waals surface area (Å²) in [5.74, 6) is 0.453. The van der Waals surface area contributed by atoms with Gasteiger partial charge in [-0.3, -0.25) is 0 Å². The Morgan fingerprint density at radius 1 is 1.06 bits per heavy atom. The quantitative estimate of drug-likeness (QED) is 0.558. The second-order valence-electron chi connectivity index (χ2n) is 4.17. The van der Waals surface area contributed by atoms with Crippen molar-refractivity contribution >= 4 is 5.71 Å². The van der Waals surface area contributed by atoms with Crippen LogP contribution in [0.25, 0.3) is 0 Å². The first-order valence-corrected chi connectivity index (χ1v) is 5.67. The molecule has 0 atom stereocenters. The van der Waals surface area contributed by atoms with E-state index in [2.05, 4.69) is 0 Å². The van der Waals surface area contributed by atoms with Gasteiger partial charge in [0.25, 0.3) is 0 Å². The standard InChI is InChI=1S/C13H14NO3/c15-13-4-2-1-3-11(13)9-10-5-7-12(8-6-10)14(16)17/h5-9H,1-4H2,(H-,15,16,17)/q-1. The normalized spacial score (nSPS) is 19.8. The van der Waals surface area contributed by atoms with Crippen LogP contribution in [0.15, 0.2) is 47.3 Å². The van der Waals surface area contributed by atoms with Crippen LogP contribution in [-0.2, 0) is 0 Å². The summed E-state index contributed by atoms with van der Waals surface area (Å²) >= 11 is 0. The van der Waals surface area contributed by atoms with Gasteiger partial charge in [-0.1, -0.05) is 0 Å². The highest BCUT2D eigenvalue weighted by Gasteiger charge is 2.10. The average molecular weight is 232 g/mol. The van der Waals surface area contributed by atoms with Gasteiger partial charge in [0, 0.05) is 18.6 Å². The first-order chi connectivity index (χ1) is 8.16. The molecule has 4 heteroatoms. The highest BCUT2D eigenvalue weighted by atomic mass is 16.8. The van der Waals surface area contributed by atoms with Crippen LogP contribution in [0.5, 0.6) is 0 Å². The fraction of sp³-hybridized carbons (Fsp3) is 0.308. The number of aliphatic hydroxyl groups is 1. The van der Waals surface area contributed by atoms with E-state index in [0.29, 0.717) is 5.76 Å². The lowest BCUT2D eigenvalue weighted by Gasteiger charge is -2.14. The summed E-state index contributed by atoms with van der Waals surface area (Å²) in [5, 5.41) is 30.7. The van der Waals surface area contributed by atoms with E-state index in [1.807, 2.05) is 6.08 Å². The van der Waals surface area contributed by atoms with Gasteiger partial charge >= 0.3 is 0 Å². The summed E-state index contributed by atoms with van der Waals surface area (Å²) in [6.45, 7) is 0. The molecule has 0 fully saturated rings. The van der Waals surface area contributed by atoms with Crippen molar-refractivity contribution in [3.05, 3.63) is 57.7 Å². The molecular weight excluding hydrogens is 218 g/mol. The Morgan fingerprint density at radius 2 is 1.71 bits per heavy atom. The molecule has 0 bridgehead atoms. The molecule has 4 nitrogen and oxygen atoms in total. The van der Waals surface area contributed by atoms with Gasteiger partial charge in [-0.2, -0.15) is 4.90 Å². The first kappa shape index (κ1) is 11.5. The maximum Gasteiger partial charge on any atom is 0.222 e. The monoisotopic (exact) mass is 232 g/mol. The van der Waals surface area contributed by atoms with E-state index in [0.717, 1.165) is 36.8 Å². The van der Waals surface area contributed by atoms with Crippen molar-refractivity contribution in [2.45, 2.75) is 25.7 Å². The number of hydrogen-bond acceptors (Lipinski definition) is 3. The Morgan fingerprint density at radius 3 is 2.29 bits per heavy atom. The van der Waals surface area contributed by atoms with Crippen molar-refractivity contribution in [3.8, 4) is 0 Å². The van der Waals surface area contributed by atoms with Crippen molar-refractivity contribution in [1.29, 1.82) is 0 Å². The predicted molar refractivity (Wildman–Crippen MR) is 66.5 cm³/mol. The SMILES string of the molecule is [O-][N+]([O-])=C1C=CC(=CC2=C(O)CCCC2)C=C1. The minimum absolute atomic E-state index is 0.0870. The molecule has 1 N–H and O–H groups in total. The van der Waals surface area contributed by atoms with Crippen LogP contribution >= 0.6 is 0 Å². The number of nitrogens with zero attached hydrogens (tertiary/aromatic N) is 1. The summed E-state index contributed by atoms with van der Waals surface area (Å²) in [6, 6.07) is 0. The molecule has 2 aliphatic rings. The van der Waals surface area contributed by atoms with Gasteiger partial charge in [-0.05, 0) is 48.6 Å². The molecule has 0 aromatic rings.